The molecule has 1 N–H and O–H groups in total. The van der Waals surface area contributed by atoms with Crippen LogP contribution in [0.4, 0.5) is 0 Å². The molecule has 0 aliphatic heterocycles. The number of fused-ring (bicyclic) bond motifs is 1. The molecule has 0 fully saturated rings. The molecule has 11 heavy (non-hydrogen) atoms. The minimum Gasteiger partial charge on any atom is -0.331 e. The van der Waals surface area contributed by atoms with Gasteiger partial charge in [0.25, 0.3) is 0 Å². The van der Waals surface area contributed by atoms with Gasteiger partial charge in [0.15, 0.2) is 4.64 Å². The van der Waals surface area contributed by atoms with Crippen molar-refractivity contribution in [1.29, 1.82) is 0 Å². The Morgan fingerprint density at radius 3 is 3.09 bits per heavy atom. The average molecular weight is 166 g/mol. The summed E-state index contributed by atoms with van der Waals surface area (Å²) in [5.74, 6) is 0. The lowest BCUT2D eigenvalue weighted by Crippen LogP contribution is -1.88. The summed E-state index contributed by atoms with van der Waals surface area (Å²) in [7, 11) is 1.90. The number of hydrogen-bond donors (Lipinski definition) is 1. The SMILES string of the molecule is Cn1cnc2c(=S)nc[nH]c21. The van der Waals surface area contributed by atoms with E-state index < -0.39 is 0 Å². The van der Waals surface area contributed by atoms with Gasteiger partial charge in [0.05, 0.1) is 12.7 Å². The predicted molar refractivity (Wildman–Crippen MR) is 43.7 cm³/mol. The zero-order chi connectivity index (χ0) is 7.84. The molecule has 0 radical (unpaired) electrons. The number of aromatic nitrogens is 4. The Morgan fingerprint density at radius 1 is 1.55 bits per heavy atom. The third kappa shape index (κ3) is 0.848. The maximum absolute atomic E-state index is 4.96. The van der Waals surface area contributed by atoms with Crippen molar-refractivity contribution in [3.63, 3.8) is 0 Å². The second-order valence-electron chi connectivity index (χ2n) is 2.26. The summed E-state index contributed by atoms with van der Waals surface area (Å²) in [6.45, 7) is 0. The van der Waals surface area contributed by atoms with Crippen molar-refractivity contribution in [2.24, 2.45) is 7.05 Å². The van der Waals surface area contributed by atoms with Crippen LogP contribution in [0, 0.1) is 4.64 Å². The molecule has 0 amide bonds. The van der Waals surface area contributed by atoms with E-state index in [1.54, 1.807) is 12.7 Å². The minimum absolute atomic E-state index is 0.541. The van der Waals surface area contributed by atoms with Crippen LogP contribution in [0.3, 0.4) is 0 Å². The van der Waals surface area contributed by atoms with Gasteiger partial charge < -0.3 is 9.55 Å². The zero-order valence-corrected chi connectivity index (χ0v) is 6.72. The molecule has 0 aliphatic carbocycles. The molecule has 2 aromatic rings. The van der Waals surface area contributed by atoms with E-state index in [2.05, 4.69) is 15.0 Å². The highest BCUT2D eigenvalue weighted by atomic mass is 32.1. The maximum atomic E-state index is 4.96. The van der Waals surface area contributed by atoms with Crippen molar-refractivity contribution in [3.05, 3.63) is 17.3 Å². The van der Waals surface area contributed by atoms with Crippen molar-refractivity contribution < 1.29 is 0 Å². The molecule has 5 heteroatoms. The topological polar surface area (TPSA) is 46.5 Å². The number of imidazole rings is 1. The van der Waals surface area contributed by atoms with Crippen LogP contribution >= 0.6 is 12.2 Å². The first-order valence-electron chi connectivity index (χ1n) is 3.14. The fourth-order valence-electron chi connectivity index (χ4n) is 0.970. The summed E-state index contributed by atoms with van der Waals surface area (Å²) >= 11 is 4.96. The van der Waals surface area contributed by atoms with Crippen LogP contribution < -0.4 is 0 Å². The third-order valence-electron chi connectivity index (χ3n) is 1.52. The van der Waals surface area contributed by atoms with E-state index in [1.807, 2.05) is 11.6 Å². The van der Waals surface area contributed by atoms with E-state index in [1.165, 1.54) is 0 Å². The summed E-state index contributed by atoms with van der Waals surface area (Å²) < 4.78 is 2.41. The monoisotopic (exact) mass is 166 g/mol. The first kappa shape index (κ1) is 6.48. The molecule has 0 saturated heterocycles. The van der Waals surface area contributed by atoms with Gasteiger partial charge in [-0.15, -0.1) is 0 Å². The summed E-state index contributed by atoms with van der Waals surface area (Å²) in [6, 6.07) is 0. The van der Waals surface area contributed by atoms with Crippen LogP contribution in [0.5, 0.6) is 0 Å². The van der Waals surface area contributed by atoms with Crippen LogP contribution in [0.25, 0.3) is 11.2 Å². The first-order chi connectivity index (χ1) is 5.29. The second-order valence-corrected chi connectivity index (χ2v) is 2.65. The molecule has 4 nitrogen and oxygen atoms in total. The van der Waals surface area contributed by atoms with Gasteiger partial charge in [0.2, 0.25) is 0 Å². The standard InChI is InChI=1S/C6H6N4S/c1-10-3-9-4-5(10)7-2-8-6(4)11/h2-3H,1H3,(H,7,8,11). The van der Waals surface area contributed by atoms with Gasteiger partial charge in [-0.3, -0.25) is 0 Å². The molecule has 0 atom stereocenters. The van der Waals surface area contributed by atoms with Crippen LogP contribution in [-0.2, 0) is 7.05 Å². The number of hydrogen-bond acceptors (Lipinski definition) is 3. The molecule has 2 aromatic heterocycles. The molecule has 0 bridgehead atoms. The number of rotatable bonds is 0. The van der Waals surface area contributed by atoms with Gasteiger partial charge in [-0.25, -0.2) is 9.97 Å². The predicted octanol–water partition coefficient (Wildman–Crippen LogP) is 1.03. The largest absolute Gasteiger partial charge is 0.331 e. The van der Waals surface area contributed by atoms with E-state index in [9.17, 15) is 0 Å². The zero-order valence-electron chi connectivity index (χ0n) is 5.90. The maximum Gasteiger partial charge on any atom is 0.157 e. The third-order valence-corrected chi connectivity index (χ3v) is 1.82. The number of aryl methyl sites for hydroxylation is 1. The number of H-pyrrole nitrogens is 1. The summed E-state index contributed by atoms with van der Waals surface area (Å²) in [5.41, 5.74) is 1.66. The van der Waals surface area contributed by atoms with Crippen molar-refractivity contribution in [3.8, 4) is 0 Å². The van der Waals surface area contributed by atoms with Gasteiger partial charge in [0.1, 0.15) is 11.2 Å². The summed E-state index contributed by atoms with van der Waals surface area (Å²) in [4.78, 5) is 10.9. The van der Waals surface area contributed by atoms with Gasteiger partial charge >= 0.3 is 0 Å². The highest BCUT2D eigenvalue weighted by molar-refractivity contribution is 7.71. The molecule has 2 heterocycles. The molecule has 56 valence electrons. The van der Waals surface area contributed by atoms with E-state index in [-0.39, 0.29) is 0 Å². The smallest absolute Gasteiger partial charge is 0.157 e. The lowest BCUT2D eigenvalue weighted by Gasteiger charge is -1.91. The van der Waals surface area contributed by atoms with E-state index >= 15 is 0 Å². The molecule has 0 saturated carbocycles. The Hall–Kier alpha value is -1.23. The van der Waals surface area contributed by atoms with Gasteiger partial charge in [-0.1, -0.05) is 12.2 Å². The van der Waals surface area contributed by atoms with Crippen LogP contribution in [-0.4, -0.2) is 19.5 Å². The van der Waals surface area contributed by atoms with E-state index in [0.29, 0.717) is 4.64 Å². The van der Waals surface area contributed by atoms with Crippen LogP contribution in [0.15, 0.2) is 12.7 Å². The Kier molecular flexibility index (Phi) is 1.25. The lowest BCUT2D eigenvalue weighted by molar-refractivity contribution is 0.928. The average Bonchev–Trinajstić information content (AvgIpc) is 2.35. The molecule has 0 spiro atoms. The van der Waals surface area contributed by atoms with Crippen LogP contribution in [0.2, 0.25) is 0 Å². The Balaban J connectivity index is 3.06. The number of nitrogens with zero attached hydrogens (tertiary/aromatic N) is 3. The highest BCUT2D eigenvalue weighted by Crippen LogP contribution is 2.06. The van der Waals surface area contributed by atoms with Crippen molar-refractivity contribution in [1.82, 2.24) is 19.5 Å². The van der Waals surface area contributed by atoms with Crippen molar-refractivity contribution in [2.45, 2.75) is 0 Å². The number of nitrogens with one attached hydrogen (secondary N) is 1. The number of aromatic amines is 1. The first-order valence-corrected chi connectivity index (χ1v) is 3.54. The summed E-state index contributed by atoms with van der Waals surface area (Å²) in [6.07, 6.45) is 3.28. The van der Waals surface area contributed by atoms with E-state index in [4.69, 9.17) is 12.2 Å². The fraction of sp³-hybridized carbons (Fsp3) is 0.167. The van der Waals surface area contributed by atoms with Crippen molar-refractivity contribution >= 4 is 23.4 Å². The highest BCUT2D eigenvalue weighted by Gasteiger charge is 1.99. The second kappa shape index (κ2) is 2.13. The molecule has 0 aromatic carbocycles. The molecular weight excluding hydrogens is 160 g/mol. The normalized spacial score (nSPS) is 10.6. The Labute approximate surface area is 67.9 Å². The van der Waals surface area contributed by atoms with Gasteiger partial charge in [-0.2, -0.15) is 0 Å². The van der Waals surface area contributed by atoms with Gasteiger partial charge in [0, 0.05) is 7.05 Å². The molecule has 0 unspecified atom stereocenters. The molecule has 0 aliphatic rings. The van der Waals surface area contributed by atoms with Gasteiger partial charge in [-0.05, 0) is 0 Å². The quantitative estimate of drug-likeness (QED) is 0.594. The van der Waals surface area contributed by atoms with E-state index in [0.717, 1.165) is 11.2 Å². The Bertz CT molecular complexity index is 441. The van der Waals surface area contributed by atoms with Crippen molar-refractivity contribution in [2.75, 3.05) is 0 Å². The van der Waals surface area contributed by atoms with Crippen LogP contribution in [0.1, 0.15) is 0 Å². The fourth-order valence-corrected chi connectivity index (χ4v) is 1.17. The molecular formula is C6H6N4S. The Morgan fingerprint density at radius 2 is 2.36 bits per heavy atom. The lowest BCUT2D eigenvalue weighted by atomic mass is 10.6. The summed E-state index contributed by atoms with van der Waals surface area (Å²) in [5, 5.41) is 0. The molecule has 2 rings (SSSR count). The minimum atomic E-state index is 0.541.